The molecule has 1 saturated carbocycles. The molecule has 0 bridgehead atoms. The van der Waals surface area contributed by atoms with E-state index in [9.17, 15) is 8.42 Å². The molecule has 0 aromatic carbocycles. The quantitative estimate of drug-likeness (QED) is 0.718. The first kappa shape index (κ1) is 10.9. The van der Waals surface area contributed by atoms with Crippen LogP contribution in [-0.2, 0) is 14.6 Å². The summed E-state index contributed by atoms with van der Waals surface area (Å²) in [4.78, 5) is 0. The Morgan fingerprint density at radius 1 is 1.31 bits per heavy atom. The second-order valence-corrected chi connectivity index (χ2v) is 4.68. The first-order chi connectivity index (χ1) is 5.99. The lowest BCUT2D eigenvalue weighted by molar-refractivity contribution is 0.114. The molecule has 4 nitrogen and oxygen atoms in total. The van der Waals surface area contributed by atoms with Gasteiger partial charge in [0.2, 0.25) is 0 Å². The predicted octanol–water partition coefficient (Wildman–Crippen LogP) is 1.77. The zero-order valence-corrected chi connectivity index (χ0v) is 8.59. The third kappa shape index (κ3) is 4.06. The van der Waals surface area contributed by atoms with E-state index < -0.39 is 16.5 Å². The molecule has 0 amide bonds. The summed E-state index contributed by atoms with van der Waals surface area (Å²) >= 11 is 0. The van der Waals surface area contributed by atoms with Gasteiger partial charge in [0.25, 0.3) is 0 Å². The summed E-state index contributed by atoms with van der Waals surface area (Å²) in [5.74, 6) is 0.274. The number of rotatable bonds is 3. The normalized spacial score (nSPS) is 22.9. The molecule has 1 aliphatic carbocycles. The fourth-order valence-corrected chi connectivity index (χ4v) is 2.41. The molecule has 0 saturated heterocycles. The highest BCUT2D eigenvalue weighted by molar-refractivity contribution is 7.80. The van der Waals surface area contributed by atoms with E-state index in [0.717, 1.165) is 25.7 Å². The molecule has 0 heterocycles. The number of hydrogen-bond acceptors (Lipinski definition) is 3. The van der Waals surface area contributed by atoms with Crippen LogP contribution in [0.25, 0.3) is 0 Å². The summed E-state index contributed by atoms with van der Waals surface area (Å²) in [5.41, 5.74) is 0. The lowest BCUT2D eigenvalue weighted by Crippen LogP contribution is -2.25. The van der Waals surface area contributed by atoms with Gasteiger partial charge in [-0.25, -0.2) is 4.18 Å². The van der Waals surface area contributed by atoms with E-state index >= 15 is 0 Å². The minimum atomic E-state index is -4.27. The van der Waals surface area contributed by atoms with Gasteiger partial charge in [-0.2, -0.15) is 8.42 Å². The Morgan fingerprint density at radius 3 is 2.31 bits per heavy atom. The average Bonchev–Trinajstić information content (AvgIpc) is 2.03. The molecule has 1 rings (SSSR count). The molecule has 0 unspecified atom stereocenters. The van der Waals surface area contributed by atoms with Crippen LogP contribution < -0.4 is 0 Å². The minimum Gasteiger partial charge on any atom is -0.264 e. The van der Waals surface area contributed by atoms with E-state index in [1.165, 1.54) is 6.42 Å². The molecule has 0 aliphatic heterocycles. The lowest BCUT2D eigenvalue weighted by atomic mass is 9.86. The van der Waals surface area contributed by atoms with Gasteiger partial charge in [-0.1, -0.05) is 19.3 Å². The number of hydrogen-bond donors (Lipinski definition) is 1. The molecule has 1 fully saturated rings. The van der Waals surface area contributed by atoms with Crippen molar-refractivity contribution in [3.8, 4) is 0 Å². The smallest absolute Gasteiger partial charge is 0.264 e. The molecule has 0 aromatic heterocycles. The zero-order chi connectivity index (χ0) is 9.90. The average molecular weight is 208 g/mol. The first-order valence-corrected chi connectivity index (χ1v) is 6.01. The second kappa shape index (κ2) is 4.39. The first-order valence-electron chi connectivity index (χ1n) is 4.65. The summed E-state index contributed by atoms with van der Waals surface area (Å²) < 4.78 is 33.8. The molecule has 1 aliphatic rings. The SMILES string of the molecule is C[C@H](OS(=O)(=O)O)C1CCCCC1. The van der Waals surface area contributed by atoms with Crippen LogP contribution in [0.3, 0.4) is 0 Å². The van der Waals surface area contributed by atoms with Gasteiger partial charge >= 0.3 is 10.4 Å². The van der Waals surface area contributed by atoms with E-state index in [1.54, 1.807) is 6.92 Å². The van der Waals surface area contributed by atoms with Gasteiger partial charge in [0.1, 0.15) is 0 Å². The van der Waals surface area contributed by atoms with Crippen molar-refractivity contribution < 1.29 is 17.2 Å². The molecule has 0 aromatic rings. The third-order valence-electron chi connectivity index (χ3n) is 2.59. The Labute approximate surface area is 79.2 Å². The van der Waals surface area contributed by atoms with Crippen LogP contribution in [0.2, 0.25) is 0 Å². The second-order valence-electron chi connectivity index (χ2n) is 3.63. The summed E-state index contributed by atoms with van der Waals surface area (Å²) in [6.45, 7) is 1.70. The van der Waals surface area contributed by atoms with Gasteiger partial charge in [-0.15, -0.1) is 0 Å². The molecule has 1 N–H and O–H groups in total. The maximum atomic E-state index is 10.4. The van der Waals surface area contributed by atoms with Crippen molar-refractivity contribution >= 4 is 10.4 Å². The van der Waals surface area contributed by atoms with E-state index in [4.69, 9.17) is 4.55 Å². The molecule has 13 heavy (non-hydrogen) atoms. The summed E-state index contributed by atoms with van der Waals surface area (Å²) in [5, 5.41) is 0. The van der Waals surface area contributed by atoms with Crippen LogP contribution >= 0.6 is 0 Å². The van der Waals surface area contributed by atoms with Gasteiger partial charge in [-0.3, -0.25) is 4.55 Å². The van der Waals surface area contributed by atoms with Crippen molar-refractivity contribution in [2.75, 3.05) is 0 Å². The molecule has 0 radical (unpaired) electrons. The van der Waals surface area contributed by atoms with Crippen molar-refractivity contribution in [2.24, 2.45) is 5.92 Å². The van der Waals surface area contributed by atoms with E-state index in [2.05, 4.69) is 4.18 Å². The van der Waals surface area contributed by atoms with E-state index in [1.807, 2.05) is 0 Å². The van der Waals surface area contributed by atoms with Gasteiger partial charge in [0.05, 0.1) is 6.10 Å². The maximum absolute atomic E-state index is 10.4. The summed E-state index contributed by atoms with van der Waals surface area (Å²) in [6, 6.07) is 0. The topological polar surface area (TPSA) is 63.6 Å². The van der Waals surface area contributed by atoms with Crippen LogP contribution in [-0.4, -0.2) is 19.1 Å². The Balaban J connectivity index is 2.42. The van der Waals surface area contributed by atoms with Gasteiger partial charge in [0.15, 0.2) is 0 Å². The third-order valence-corrected chi connectivity index (χ3v) is 3.13. The lowest BCUT2D eigenvalue weighted by Gasteiger charge is -2.25. The maximum Gasteiger partial charge on any atom is 0.397 e. The van der Waals surface area contributed by atoms with Crippen LogP contribution in [0.5, 0.6) is 0 Å². The summed E-state index contributed by atoms with van der Waals surface area (Å²) in [6.07, 6.45) is 5.08. The Kier molecular flexibility index (Phi) is 3.70. The monoisotopic (exact) mass is 208 g/mol. The van der Waals surface area contributed by atoms with Crippen molar-refractivity contribution in [3.05, 3.63) is 0 Å². The fraction of sp³-hybridized carbons (Fsp3) is 1.00. The Hall–Kier alpha value is -0.130. The van der Waals surface area contributed by atoms with E-state index in [-0.39, 0.29) is 5.92 Å². The van der Waals surface area contributed by atoms with Crippen LogP contribution in [0, 0.1) is 5.92 Å². The molecule has 1 atom stereocenters. The van der Waals surface area contributed by atoms with Crippen molar-refractivity contribution in [1.29, 1.82) is 0 Å². The predicted molar refractivity (Wildman–Crippen MR) is 48.7 cm³/mol. The summed E-state index contributed by atoms with van der Waals surface area (Å²) in [7, 11) is -4.27. The Morgan fingerprint density at radius 2 is 1.85 bits per heavy atom. The highest BCUT2D eigenvalue weighted by atomic mass is 32.3. The largest absolute Gasteiger partial charge is 0.397 e. The van der Waals surface area contributed by atoms with Crippen molar-refractivity contribution in [2.45, 2.75) is 45.1 Å². The van der Waals surface area contributed by atoms with Crippen molar-refractivity contribution in [3.63, 3.8) is 0 Å². The van der Waals surface area contributed by atoms with Gasteiger partial charge < -0.3 is 0 Å². The van der Waals surface area contributed by atoms with Crippen LogP contribution in [0.1, 0.15) is 39.0 Å². The molecule has 5 heteroatoms. The van der Waals surface area contributed by atoms with Crippen LogP contribution in [0.15, 0.2) is 0 Å². The molecule has 78 valence electrons. The highest BCUT2D eigenvalue weighted by Crippen LogP contribution is 2.28. The fourth-order valence-electron chi connectivity index (χ4n) is 1.87. The van der Waals surface area contributed by atoms with E-state index in [0.29, 0.717) is 0 Å². The molecular formula is C8H16O4S. The standard InChI is InChI=1S/C8H16O4S/c1-7(12-13(9,10)11)8-5-3-2-4-6-8/h7-8H,2-6H2,1H3,(H,9,10,11)/t7-/m0/s1. The Bertz CT molecular complexity index is 241. The molecule has 0 spiro atoms. The highest BCUT2D eigenvalue weighted by Gasteiger charge is 2.24. The van der Waals surface area contributed by atoms with Gasteiger partial charge in [0, 0.05) is 0 Å². The minimum absolute atomic E-state index is 0.274. The van der Waals surface area contributed by atoms with Gasteiger partial charge in [-0.05, 0) is 25.7 Å². The van der Waals surface area contributed by atoms with Crippen molar-refractivity contribution in [1.82, 2.24) is 0 Å². The van der Waals surface area contributed by atoms with Crippen LogP contribution in [0.4, 0.5) is 0 Å². The zero-order valence-electron chi connectivity index (χ0n) is 7.77. The molecular weight excluding hydrogens is 192 g/mol.